The minimum atomic E-state index is -0.676. The van der Waals surface area contributed by atoms with Crippen LogP contribution >= 0.6 is 0 Å². The van der Waals surface area contributed by atoms with Crippen molar-refractivity contribution in [2.24, 2.45) is 0 Å². The van der Waals surface area contributed by atoms with Crippen molar-refractivity contribution in [1.82, 2.24) is 4.98 Å². The first-order valence-electron chi connectivity index (χ1n) is 4.25. The Morgan fingerprint density at radius 1 is 1.50 bits per heavy atom. The lowest BCUT2D eigenvalue weighted by atomic mass is 10.2. The molecule has 1 heterocycles. The molecule has 84 valence electrons. The molecule has 16 heavy (non-hydrogen) atoms. The summed E-state index contributed by atoms with van der Waals surface area (Å²) in [7, 11) is 1.17. The molecule has 0 aliphatic heterocycles. The Bertz CT molecular complexity index is 426. The third-order valence-corrected chi connectivity index (χ3v) is 1.78. The second kappa shape index (κ2) is 4.96. The van der Waals surface area contributed by atoms with Gasteiger partial charge in [0.2, 0.25) is 0 Å². The lowest BCUT2D eigenvalue weighted by molar-refractivity contribution is -0.385. The molecule has 7 heteroatoms. The van der Waals surface area contributed by atoms with Gasteiger partial charge in [0.1, 0.15) is 18.3 Å². The van der Waals surface area contributed by atoms with Crippen molar-refractivity contribution in [3.8, 4) is 0 Å². The second-order valence-electron chi connectivity index (χ2n) is 2.83. The minimum Gasteiger partial charge on any atom is -0.469 e. The molecule has 7 nitrogen and oxygen atoms in total. The maximum absolute atomic E-state index is 11.4. The first kappa shape index (κ1) is 11.8. The number of carbonyl (C=O) groups excluding carboxylic acids is 2. The quantitative estimate of drug-likeness (QED) is 0.246. The summed E-state index contributed by atoms with van der Waals surface area (Å²) in [6.45, 7) is 0. The van der Waals surface area contributed by atoms with Crippen LogP contribution < -0.4 is 0 Å². The van der Waals surface area contributed by atoms with Gasteiger partial charge in [-0.15, -0.1) is 0 Å². The van der Waals surface area contributed by atoms with E-state index in [9.17, 15) is 19.7 Å². The molecule has 0 N–H and O–H groups in total. The summed E-state index contributed by atoms with van der Waals surface area (Å²) in [4.78, 5) is 35.4. The molecule has 0 saturated carbocycles. The number of pyridine rings is 1. The molecule has 0 atom stereocenters. The molecule has 0 spiro atoms. The number of nitro groups is 1. The van der Waals surface area contributed by atoms with E-state index in [0.29, 0.717) is 0 Å². The summed E-state index contributed by atoms with van der Waals surface area (Å²) in [5.41, 5.74) is -0.217. The predicted molar refractivity (Wildman–Crippen MR) is 51.9 cm³/mol. The van der Waals surface area contributed by atoms with Crippen LogP contribution in [0.4, 0.5) is 5.69 Å². The second-order valence-corrected chi connectivity index (χ2v) is 2.83. The molecule has 0 radical (unpaired) electrons. The summed E-state index contributed by atoms with van der Waals surface area (Å²) in [6, 6.07) is 2.35. The number of hydrogen-bond donors (Lipinski definition) is 0. The number of carbonyl (C=O) groups is 2. The Morgan fingerprint density at radius 2 is 2.19 bits per heavy atom. The van der Waals surface area contributed by atoms with Crippen LogP contribution in [0.3, 0.4) is 0 Å². The van der Waals surface area contributed by atoms with E-state index in [4.69, 9.17) is 0 Å². The average Bonchev–Trinajstić information content (AvgIpc) is 2.28. The van der Waals surface area contributed by atoms with E-state index in [2.05, 4.69) is 9.72 Å². The Kier molecular flexibility index (Phi) is 3.65. The molecule has 0 aliphatic carbocycles. The highest BCUT2D eigenvalue weighted by atomic mass is 16.6. The van der Waals surface area contributed by atoms with E-state index in [1.165, 1.54) is 13.2 Å². The fraction of sp³-hybridized carbons (Fsp3) is 0.222. The van der Waals surface area contributed by atoms with Gasteiger partial charge in [-0.2, -0.15) is 0 Å². The van der Waals surface area contributed by atoms with Gasteiger partial charge < -0.3 is 4.74 Å². The third-order valence-electron chi connectivity index (χ3n) is 1.78. The van der Waals surface area contributed by atoms with Crippen LogP contribution in [0.1, 0.15) is 16.9 Å². The van der Waals surface area contributed by atoms with E-state index < -0.39 is 23.1 Å². The van der Waals surface area contributed by atoms with Crippen LogP contribution in [0.25, 0.3) is 0 Å². The van der Waals surface area contributed by atoms with Crippen LogP contribution in [-0.4, -0.2) is 28.8 Å². The molecular weight excluding hydrogens is 216 g/mol. The van der Waals surface area contributed by atoms with E-state index in [0.717, 1.165) is 12.3 Å². The van der Waals surface area contributed by atoms with Crippen molar-refractivity contribution in [2.75, 3.05) is 7.11 Å². The van der Waals surface area contributed by atoms with Gasteiger partial charge in [0.15, 0.2) is 5.78 Å². The van der Waals surface area contributed by atoms with Crippen LogP contribution in [0.2, 0.25) is 0 Å². The molecule has 0 bridgehead atoms. The largest absolute Gasteiger partial charge is 0.469 e. The maximum atomic E-state index is 11.4. The fourth-order valence-corrected chi connectivity index (χ4v) is 0.953. The first-order chi connectivity index (χ1) is 7.54. The SMILES string of the molecule is COC(=O)CC(=O)c1ccc([N+](=O)[O-])cn1. The molecular formula is C9H8N2O5. The van der Waals surface area contributed by atoms with Gasteiger partial charge in [-0.25, -0.2) is 4.98 Å². The standard InChI is InChI=1S/C9H8N2O5/c1-16-9(13)4-8(12)7-3-2-6(5-10-7)11(14)15/h2-3,5H,4H2,1H3. The number of ketones is 1. The number of ether oxygens (including phenoxy) is 1. The van der Waals surface area contributed by atoms with Gasteiger partial charge in [0.25, 0.3) is 5.69 Å². The number of nitrogens with zero attached hydrogens (tertiary/aromatic N) is 2. The Balaban J connectivity index is 2.78. The van der Waals surface area contributed by atoms with Gasteiger partial charge in [-0.05, 0) is 6.07 Å². The number of methoxy groups -OCH3 is 1. The number of esters is 1. The van der Waals surface area contributed by atoms with Crippen LogP contribution in [0, 0.1) is 10.1 Å². The number of hydrogen-bond acceptors (Lipinski definition) is 6. The number of aromatic nitrogens is 1. The number of rotatable bonds is 4. The van der Waals surface area contributed by atoms with Crippen molar-refractivity contribution in [3.63, 3.8) is 0 Å². The van der Waals surface area contributed by atoms with Crippen molar-refractivity contribution in [2.45, 2.75) is 6.42 Å². The Labute approximate surface area is 90.2 Å². The van der Waals surface area contributed by atoms with Gasteiger partial charge >= 0.3 is 5.97 Å². The van der Waals surface area contributed by atoms with Crippen molar-refractivity contribution < 1.29 is 19.2 Å². The summed E-state index contributed by atoms with van der Waals surface area (Å²) >= 11 is 0. The van der Waals surface area contributed by atoms with Crippen molar-refractivity contribution in [1.29, 1.82) is 0 Å². The zero-order chi connectivity index (χ0) is 12.1. The molecule has 1 aromatic heterocycles. The maximum Gasteiger partial charge on any atom is 0.313 e. The third kappa shape index (κ3) is 2.84. The monoisotopic (exact) mass is 224 g/mol. The van der Waals surface area contributed by atoms with E-state index >= 15 is 0 Å². The highest BCUT2D eigenvalue weighted by Crippen LogP contribution is 2.10. The lowest BCUT2D eigenvalue weighted by Crippen LogP contribution is -2.10. The zero-order valence-electron chi connectivity index (χ0n) is 8.37. The van der Waals surface area contributed by atoms with Gasteiger partial charge in [0, 0.05) is 6.07 Å². The molecule has 0 fully saturated rings. The van der Waals surface area contributed by atoms with Gasteiger partial charge in [-0.1, -0.05) is 0 Å². The van der Waals surface area contributed by atoms with E-state index in [-0.39, 0.29) is 11.4 Å². The minimum absolute atomic E-state index is 0.00370. The predicted octanol–water partition coefficient (Wildman–Crippen LogP) is 0.736. The zero-order valence-corrected chi connectivity index (χ0v) is 8.37. The molecule has 0 aromatic carbocycles. The van der Waals surface area contributed by atoms with Gasteiger partial charge in [-0.3, -0.25) is 19.7 Å². The Morgan fingerprint density at radius 3 is 2.62 bits per heavy atom. The van der Waals surface area contributed by atoms with E-state index in [1.54, 1.807) is 0 Å². The molecule has 0 unspecified atom stereocenters. The Hall–Kier alpha value is -2.31. The van der Waals surface area contributed by atoms with Crippen molar-refractivity contribution >= 4 is 17.4 Å². The molecule has 1 aromatic rings. The van der Waals surface area contributed by atoms with Crippen LogP contribution in [0.15, 0.2) is 18.3 Å². The average molecular weight is 224 g/mol. The summed E-state index contributed by atoms with van der Waals surface area (Å²) < 4.78 is 4.31. The normalized spacial score (nSPS) is 9.56. The van der Waals surface area contributed by atoms with Crippen LogP contribution in [-0.2, 0) is 9.53 Å². The van der Waals surface area contributed by atoms with Gasteiger partial charge in [0.05, 0.1) is 12.0 Å². The fourth-order valence-electron chi connectivity index (χ4n) is 0.953. The first-order valence-corrected chi connectivity index (χ1v) is 4.25. The molecule has 0 saturated heterocycles. The molecule has 0 aliphatic rings. The molecule has 1 rings (SSSR count). The highest BCUT2D eigenvalue weighted by Gasteiger charge is 2.14. The summed E-state index contributed by atoms with van der Waals surface area (Å²) in [6.07, 6.45) is 0.534. The highest BCUT2D eigenvalue weighted by molar-refractivity contribution is 6.04. The van der Waals surface area contributed by atoms with Crippen LogP contribution in [0.5, 0.6) is 0 Å². The lowest BCUT2D eigenvalue weighted by Gasteiger charge is -1.98. The number of Topliss-reactive ketones (excluding diaryl/α,β-unsaturated/α-hetero) is 1. The van der Waals surface area contributed by atoms with Crippen molar-refractivity contribution in [3.05, 3.63) is 34.1 Å². The topological polar surface area (TPSA) is 99.4 Å². The van der Waals surface area contributed by atoms with E-state index in [1.807, 2.05) is 0 Å². The summed E-state index contributed by atoms with van der Waals surface area (Å²) in [5, 5.41) is 10.3. The smallest absolute Gasteiger partial charge is 0.313 e. The summed E-state index contributed by atoms with van der Waals surface area (Å²) in [5.74, 6) is -1.22. The molecule has 0 amide bonds.